The molecule has 1 amide bonds. The largest absolute Gasteiger partial charge is 0.404 e. The molecule has 0 saturated heterocycles. The average molecular weight is 271 g/mol. The van der Waals surface area contributed by atoms with E-state index in [9.17, 15) is 4.79 Å². The highest BCUT2D eigenvalue weighted by molar-refractivity contribution is 6.20. The van der Waals surface area contributed by atoms with E-state index >= 15 is 0 Å². The highest BCUT2D eigenvalue weighted by Crippen LogP contribution is 2.16. The summed E-state index contributed by atoms with van der Waals surface area (Å²) in [6, 6.07) is 7.00. The van der Waals surface area contributed by atoms with Gasteiger partial charge in [0.2, 0.25) is 0 Å². The van der Waals surface area contributed by atoms with Crippen molar-refractivity contribution in [3.63, 3.8) is 0 Å². The molecule has 20 heavy (non-hydrogen) atoms. The zero-order valence-corrected chi connectivity index (χ0v) is 10.5. The number of carbonyl (C=O) groups excluding carboxylic acids is 1. The van der Waals surface area contributed by atoms with Crippen LogP contribution < -0.4 is 17.2 Å². The van der Waals surface area contributed by atoms with Gasteiger partial charge in [0.05, 0.1) is 29.3 Å². The Kier molecular flexibility index (Phi) is 3.75. The quantitative estimate of drug-likeness (QED) is 0.394. The molecule has 1 aromatic carbocycles. The van der Waals surface area contributed by atoms with E-state index in [1.807, 2.05) is 6.07 Å². The number of rotatable bonds is 4. The number of benzene rings is 1. The summed E-state index contributed by atoms with van der Waals surface area (Å²) >= 11 is 0. The Labute approximate surface area is 114 Å². The third-order valence-corrected chi connectivity index (χ3v) is 2.44. The van der Waals surface area contributed by atoms with E-state index in [1.165, 1.54) is 4.80 Å². The van der Waals surface area contributed by atoms with Crippen molar-refractivity contribution in [1.29, 1.82) is 0 Å². The number of amidine groups is 1. The van der Waals surface area contributed by atoms with Crippen LogP contribution in [-0.4, -0.2) is 26.7 Å². The maximum Gasteiger partial charge on any atom is 0.253 e. The van der Waals surface area contributed by atoms with Crippen LogP contribution in [0.5, 0.6) is 0 Å². The van der Waals surface area contributed by atoms with E-state index in [0.717, 1.165) is 6.20 Å². The second kappa shape index (κ2) is 5.65. The molecule has 0 radical (unpaired) electrons. The number of nitrogens with two attached hydrogens (primary N) is 3. The van der Waals surface area contributed by atoms with Crippen LogP contribution in [0.3, 0.4) is 0 Å². The Hall–Kier alpha value is -3.16. The lowest BCUT2D eigenvalue weighted by atomic mass is 10.2. The van der Waals surface area contributed by atoms with Gasteiger partial charge in [0.25, 0.3) is 5.91 Å². The monoisotopic (exact) mass is 271 g/mol. The number of hydrogen-bond acceptors (Lipinski definition) is 5. The Morgan fingerprint density at radius 2 is 1.95 bits per heavy atom. The smallest absolute Gasteiger partial charge is 0.253 e. The summed E-state index contributed by atoms with van der Waals surface area (Å²) in [5, 5.41) is 8.01. The predicted octanol–water partition coefficient (Wildman–Crippen LogP) is -0.416. The van der Waals surface area contributed by atoms with Gasteiger partial charge in [0.15, 0.2) is 0 Å². The van der Waals surface area contributed by atoms with Crippen LogP contribution in [0.25, 0.3) is 5.69 Å². The van der Waals surface area contributed by atoms with E-state index in [2.05, 4.69) is 15.2 Å². The molecule has 0 aliphatic carbocycles. The van der Waals surface area contributed by atoms with Crippen molar-refractivity contribution in [3.8, 4) is 5.69 Å². The average Bonchev–Trinajstić information content (AvgIpc) is 2.93. The van der Waals surface area contributed by atoms with Gasteiger partial charge in [-0.3, -0.25) is 4.79 Å². The fraction of sp³-hybridized carbons (Fsp3) is 0. The maximum absolute atomic E-state index is 11.1. The fourth-order valence-corrected chi connectivity index (χ4v) is 1.53. The molecule has 0 aliphatic heterocycles. The lowest BCUT2D eigenvalue weighted by Gasteiger charge is -2.04. The Morgan fingerprint density at radius 1 is 1.25 bits per heavy atom. The number of primary amides is 1. The van der Waals surface area contributed by atoms with Crippen molar-refractivity contribution in [3.05, 3.63) is 48.4 Å². The molecule has 8 heteroatoms. The summed E-state index contributed by atoms with van der Waals surface area (Å²) in [5.74, 6) is -0.788. The van der Waals surface area contributed by atoms with E-state index in [4.69, 9.17) is 17.2 Å². The van der Waals surface area contributed by atoms with Crippen LogP contribution in [0.2, 0.25) is 0 Å². The molecule has 0 saturated carbocycles. The zero-order chi connectivity index (χ0) is 14.5. The van der Waals surface area contributed by atoms with Gasteiger partial charge in [0.1, 0.15) is 5.84 Å². The number of aliphatic imine (C=N–C) groups is 1. The molecular weight excluding hydrogens is 258 g/mol. The van der Waals surface area contributed by atoms with Gasteiger partial charge in [-0.25, -0.2) is 4.99 Å². The number of hydrogen-bond donors (Lipinski definition) is 3. The van der Waals surface area contributed by atoms with Crippen LogP contribution in [0.4, 0.5) is 5.69 Å². The first-order valence-corrected chi connectivity index (χ1v) is 5.65. The summed E-state index contributed by atoms with van der Waals surface area (Å²) < 4.78 is 0. The Bertz CT molecular complexity index is 673. The van der Waals surface area contributed by atoms with E-state index in [-0.39, 0.29) is 11.4 Å². The molecular formula is C12H13N7O. The summed E-state index contributed by atoms with van der Waals surface area (Å²) in [4.78, 5) is 16.6. The van der Waals surface area contributed by atoms with Gasteiger partial charge in [-0.05, 0) is 18.2 Å². The van der Waals surface area contributed by atoms with E-state index in [1.54, 1.807) is 30.6 Å². The molecule has 0 aliphatic rings. The van der Waals surface area contributed by atoms with Crippen LogP contribution in [-0.2, 0) is 4.79 Å². The molecule has 102 valence electrons. The van der Waals surface area contributed by atoms with Gasteiger partial charge < -0.3 is 17.2 Å². The fourth-order valence-electron chi connectivity index (χ4n) is 1.53. The molecule has 8 nitrogen and oxygen atoms in total. The summed E-state index contributed by atoms with van der Waals surface area (Å²) in [5.41, 5.74) is 17.3. The Morgan fingerprint density at radius 3 is 2.55 bits per heavy atom. The predicted molar refractivity (Wildman–Crippen MR) is 74.1 cm³/mol. The zero-order valence-electron chi connectivity index (χ0n) is 10.5. The molecule has 2 aromatic rings. The minimum absolute atomic E-state index is 0.0346. The molecule has 0 spiro atoms. The van der Waals surface area contributed by atoms with Gasteiger partial charge >= 0.3 is 0 Å². The highest BCUT2D eigenvalue weighted by Gasteiger charge is 2.09. The molecule has 1 aromatic heterocycles. The second-order valence-corrected chi connectivity index (χ2v) is 3.78. The van der Waals surface area contributed by atoms with Crippen molar-refractivity contribution < 1.29 is 4.79 Å². The molecule has 6 N–H and O–H groups in total. The molecule has 2 rings (SSSR count). The first-order valence-electron chi connectivity index (χ1n) is 5.65. The highest BCUT2D eigenvalue weighted by atomic mass is 16.1. The van der Waals surface area contributed by atoms with Crippen LogP contribution in [0.1, 0.15) is 0 Å². The van der Waals surface area contributed by atoms with Crippen molar-refractivity contribution in [2.24, 2.45) is 22.2 Å². The van der Waals surface area contributed by atoms with Crippen molar-refractivity contribution >= 4 is 17.4 Å². The van der Waals surface area contributed by atoms with Gasteiger partial charge in [0, 0.05) is 6.20 Å². The first kappa shape index (κ1) is 13.3. The minimum atomic E-state index is -0.737. The normalized spacial score (nSPS) is 12.4. The summed E-state index contributed by atoms with van der Waals surface area (Å²) in [6.07, 6.45) is 4.15. The van der Waals surface area contributed by atoms with Crippen LogP contribution in [0.15, 0.2) is 53.4 Å². The summed E-state index contributed by atoms with van der Waals surface area (Å²) in [7, 11) is 0. The van der Waals surface area contributed by atoms with Gasteiger partial charge in [-0.1, -0.05) is 6.07 Å². The number of amides is 1. The number of aromatic nitrogens is 3. The maximum atomic E-state index is 11.1. The second-order valence-electron chi connectivity index (χ2n) is 3.78. The van der Waals surface area contributed by atoms with Crippen molar-refractivity contribution in [2.75, 3.05) is 0 Å². The van der Waals surface area contributed by atoms with Crippen molar-refractivity contribution in [1.82, 2.24) is 15.0 Å². The van der Waals surface area contributed by atoms with Crippen LogP contribution >= 0.6 is 0 Å². The standard InChI is InChI=1S/C12H13N7O/c13-7-10(12(15)20)11(14)18-8-2-1-3-9(6-8)19-16-4-5-17-19/h1-7H,13H2,(H2,14,18)(H2,15,20). The number of nitrogens with zero attached hydrogens (tertiary/aromatic N) is 4. The first-order chi connectivity index (χ1) is 9.61. The third-order valence-electron chi connectivity index (χ3n) is 2.44. The minimum Gasteiger partial charge on any atom is -0.404 e. The summed E-state index contributed by atoms with van der Waals surface area (Å²) in [6.45, 7) is 0. The van der Waals surface area contributed by atoms with Gasteiger partial charge in [-0.2, -0.15) is 15.0 Å². The molecule has 0 bridgehead atoms. The molecule has 0 fully saturated rings. The lowest BCUT2D eigenvalue weighted by molar-refractivity contribution is -0.114. The van der Waals surface area contributed by atoms with Gasteiger partial charge in [-0.15, -0.1) is 0 Å². The lowest BCUT2D eigenvalue weighted by Crippen LogP contribution is -2.27. The van der Waals surface area contributed by atoms with E-state index < -0.39 is 5.91 Å². The number of carbonyl (C=O) groups is 1. The third kappa shape index (κ3) is 2.80. The van der Waals surface area contributed by atoms with Crippen molar-refractivity contribution in [2.45, 2.75) is 0 Å². The molecule has 0 unspecified atom stereocenters. The van der Waals surface area contributed by atoms with Crippen LogP contribution in [0, 0.1) is 0 Å². The molecule has 1 heterocycles. The topological polar surface area (TPSA) is 138 Å². The molecule has 0 atom stereocenters. The SMILES string of the molecule is NC=C(C(N)=O)C(N)=Nc1cccc(-n2nccn2)c1. The van der Waals surface area contributed by atoms with E-state index in [0.29, 0.717) is 11.4 Å². The Balaban J connectivity index is 2.35.